The maximum atomic E-state index is 13.7. The molecule has 0 saturated carbocycles. The molecule has 3 N–H and O–H groups in total. The van der Waals surface area contributed by atoms with Crippen LogP contribution in [0.25, 0.3) is 10.9 Å². The highest BCUT2D eigenvalue weighted by Crippen LogP contribution is 2.35. The lowest BCUT2D eigenvalue weighted by Gasteiger charge is -2.39. The Morgan fingerprint density at radius 2 is 1.75 bits per heavy atom. The first-order valence-corrected chi connectivity index (χ1v) is 15.5. The van der Waals surface area contributed by atoms with Crippen LogP contribution in [0, 0.1) is 0 Å². The first-order chi connectivity index (χ1) is 20.7. The third-order valence-corrected chi connectivity index (χ3v) is 7.67. The molecule has 2 aromatic carbocycles. The van der Waals surface area contributed by atoms with Crippen LogP contribution in [-0.2, 0) is 16.2 Å². The summed E-state index contributed by atoms with van der Waals surface area (Å²) in [6.07, 6.45) is -0.557. The van der Waals surface area contributed by atoms with Crippen molar-refractivity contribution in [2.75, 3.05) is 29.4 Å². The molecule has 0 spiro atoms. The monoisotopic (exact) mass is 646 g/mol. The van der Waals surface area contributed by atoms with Gasteiger partial charge in [-0.2, -0.15) is 13.2 Å². The maximum absolute atomic E-state index is 13.7. The number of fused-ring (bicyclic) bond motifs is 1. The lowest BCUT2D eigenvalue weighted by atomic mass is 9.98. The van der Waals surface area contributed by atoms with Crippen molar-refractivity contribution >= 4 is 55.7 Å². The van der Waals surface area contributed by atoms with E-state index < -0.39 is 39.9 Å². The Bertz CT molecular complexity index is 1830. The summed E-state index contributed by atoms with van der Waals surface area (Å²) < 4.78 is 66.8. The summed E-state index contributed by atoms with van der Waals surface area (Å²) in [5.41, 5.74) is -0.225. The van der Waals surface area contributed by atoms with Crippen LogP contribution in [0.3, 0.4) is 0 Å². The largest absolute Gasteiger partial charge is 0.433 e. The first-order valence-electron chi connectivity index (χ1n) is 13.3. The molecule has 0 unspecified atom stereocenters. The molecule has 15 heteroatoms. The number of likely N-dealkylation sites (tertiary alicyclic amines) is 1. The maximum Gasteiger partial charge on any atom is 0.433 e. The van der Waals surface area contributed by atoms with Gasteiger partial charge in [0.15, 0.2) is 0 Å². The fourth-order valence-corrected chi connectivity index (χ4v) is 5.76. The molecule has 4 aromatic rings. The van der Waals surface area contributed by atoms with Gasteiger partial charge in [-0.3, -0.25) is 19.3 Å². The lowest BCUT2D eigenvalue weighted by molar-refractivity contribution is -0.140. The number of nitrogens with zero attached hydrogens (tertiary/aromatic N) is 3. The van der Waals surface area contributed by atoms with Crippen LogP contribution < -0.4 is 15.4 Å². The van der Waals surface area contributed by atoms with Gasteiger partial charge in [0.05, 0.1) is 17.3 Å². The number of nitrogens with one attached hydrogen (secondary N) is 3. The minimum absolute atomic E-state index is 0.0817. The molecule has 44 heavy (non-hydrogen) atoms. The lowest BCUT2D eigenvalue weighted by Crippen LogP contribution is -2.56. The van der Waals surface area contributed by atoms with Crippen molar-refractivity contribution in [3.8, 4) is 0 Å². The van der Waals surface area contributed by atoms with Crippen LogP contribution in [0.2, 0.25) is 5.02 Å². The zero-order valence-electron chi connectivity index (χ0n) is 23.1. The molecular formula is C29H26ClF3N6O4S. The van der Waals surface area contributed by atoms with Gasteiger partial charge >= 0.3 is 6.18 Å². The summed E-state index contributed by atoms with van der Waals surface area (Å²) >= 11 is 6.16. The number of carbonyl (C=O) groups excluding carboxylic acids is 2. The first kappa shape index (κ1) is 31.0. The van der Waals surface area contributed by atoms with E-state index in [0.717, 1.165) is 12.3 Å². The van der Waals surface area contributed by atoms with Gasteiger partial charge in [-0.1, -0.05) is 17.7 Å². The number of hydrogen-bond acceptors (Lipinski definition) is 7. The normalized spacial score (nSPS) is 17.2. The SMILES string of the molecule is CS(=O)(=O)Nc1cccc(C(=O)N[C@H]2C[C@@H](Nc3cc(C(F)(F)F)nc4ccc(Cl)cc34)CN(C(=O)c3cccnc3)C2)c1. The Hall–Kier alpha value is -4.43. The number of benzene rings is 2. The van der Waals surface area contributed by atoms with Crippen LogP contribution in [-0.4, -0.2) is 66.5 Å². The second kappa shape index (κ2) is 12.3. The van der Waals surface area contributed by atoms with Gasteiger partial charge in [0.2, 0.25) is 10.0 Å². The van der Waals surface area contributed by atoms with Crippen LogP contribution in [0.4, 0.5) is 24.5 Å². The molecule has 10 nitrogen and oxygen atoms in total. The molecule has 5 rings (SSSR count). The number of amides is 2. The van der Waals surface area contributed by atoms with E-state index in [1.807, 2.05) is 0 Å². The number of aromatic nitrogens is 2. The quantitative estimate of drug-likeness (QED) is 0.263. The number of anilines is 2. The molecule has 1 saturated heterocycles. The van der Waals surface area contributed by atoms with Gasteiger partial charge in [0.25, 0.3) is 11.8 Å². The molecule has 0 radical (unpaired) electrons. The Morgan fingerprint density at radius 1 is 1.00 bits per heavy atom. The van der Waals surface area contributed by atoms with E-state index in [2.05, 4.69) is 25.3 Å². The van der Waals surface area contributed by atoms with Crippen LogP contribution >= 0.6 is 11.6 Å². The number of hydrogen-bond donors (Lipinski definition) is 3. The predicted molar refractivity (Wildman–Crippen MR) is 160 cm³/mol. The van der Waals surface area contributed by atoms with E-state index in [4.69, 9.17) is 11.6 Å². The molecule has 2 amide bonds. The summed E-state index contributed by atoms with van der Waals surface area (Å²) in [4.78, 5) is 35.9. The number of sulfonamides is 1. The number of halogens is 4. The third-order valence-electron chi connectivity index (χ3n) is 6.83. The van der Waals surface area contributed by atoms with Gasteiger partial charge in [0.1, 0.15) is 5.69 Å². The van der Waals surface area contributed by atoms with Crippen molar-refractivity contribution in [3.05, 3.63) is 94.9 Å². The van der Waals surface area contributed by atoms with Gasteiger partial charge in [-0.25, -0.2) is 13.4 Å². The zero-order valence-corrected chi connectivity index (χ0v) is 24.7. The standard InChI is InChI=1S/C29H26ClF3N6O4S/c1-44(42,43)38-20-6-2-4-17(10-20)27(40)36-22-12-21(15-39(16-22)28(41)18-5-3-9-34-14-18)35-25-13-26(29(31,32)33)37-24-8-7-19(30)11-23(24)25/h2-11,13-14,21-22,38H,12,15-16H2,1H3,(H,35,37)(H,36,40)/t21-,22+/m1/s1. The van der Waals surface area contributed by atoms with Crippen LogP contribution in [0.15, 0.2) is 73.1 Å². The smallest absolute Gasteiger partial charge is 0.380 e. The molecule has 1 aliphatic rings. The number of piperidine rings is 1. The topological polar surface area (TPSA) is 133 Å². The Labute approximate surface area is 255 Å². The van der Waals surface area contributed by atoms with Crippen molar-refractivity contribution in [1.29, 1.82) is 0 Å². The molecule has 1 fully saturated rings. The summed E-state index contributed by atoms with van der Waals surface area (Å²) in [6.45, 7) is 0.218. The molecule has 230 valence electrons. The minimum atomic E-state index is -4.71. The number of alkyl halides is 3. The molecule has 0 bridgehead atoms. The van der Waals surface area contributed by atoms with E-state index in [1.54, 1.807) is 12.1 Å². The molecule has 2 atom stereocenters. The average molecular weight is 647 g/mol. The zero-order chi connectivity index (χ0) is 31.6. The Kier molecular flexibility index (Phi) is 8.66. The van der Waals surface area contributed by atoms with Crippen molar-refractivity contribution < 1.29 is 31.2 Å². The van der Waals surface area contributed by atoms with Crippen LogP contribution in [0.1, 0.15) is 32.8 Å². The Balaban J connectivity index is 1.45. The summed E-state index contributed by atoms with van der Waals surface area (Å²) in [5, 5.41) is 6.68. The minimum Gasteiger partial charge on any atom is -0.380 e. The Morgan fingerprint density at radius 3 is 2.45 bits per heavy atom. The molecule has 2 aromatic heterocycles. The second-order valence-corrected chi connectivity index (χ2v) is 12.6. The van der Waals surface area contributed by atoms with Crippen molar-refractivity contribution in [3.63, 3.8) is 0 Å². The highest BCUT2D eigenvalue weighted by Gasteiger charge is 2.35. The number of pyridine rings is 2. The second-order valence-electron chi connectivity index (χ2n) is 10.4. The van der Waals surface area contributed by atoms with Crippen molar-refractivity contribution in [2.45, 2.75) is 24.7 Å². The third kappa shape index (κ3) is 7.55. The van der Waals surface area contributed by atoms with E-state index in [9.17, 15) is 31.2 Å². The van der Waals surface area contributed by atoms with Gasteiger partial charge < -0.3 is 15.5 Å². The highest BCUT2D eigenvalue weighted by atomic mass is 35.5. The van der Waals surface area contributed by atoms with Crippen molar-refractivity contribution in [1.82, 2.24) is 20.2 Å². The molecule has 0 aliphatic carbocycles. The van der Waals surface area contributed by atoms with E-state index in [1.165, 1.54) is 59.8 Å². The predicted octanol–water partition coefficient (Wildman–Crippen LogP) is 4.80. The molecular weight excluding hydrogens is 621 g/mol. The van der Waals surface area contributed by atoms with E-state index in [-0.39, 0.29) is 47.9 Å². The highest BCUT2D eigenvalue weighted by molar-refractivity contribution is 7.92. The number of carbonyl (C=O) groups is 2. The van der Waals surface area contributed by atoms with Gasteiger partial charge in [-0.15, -0.1) is 0 Å². The van der Waals surface area contributed by atoms with Crippen molar-refractivity contribution in [2.24, 2.45) is 0 Å². The van der Waals surface area contributed by atoms with Gasteiger partial charge in [-0.05, 0) is 61.0 Å². The summed E-state index contributed by atoms with van der Waals surface area (Å²) in [6, 6.07) is 13.1. The van der Waals surface area contributed by atoms with Crippen LogP contribution in [0.5, 0.6) is 0 Å². The molecule has 3 heterocycles. The van der Waals surface area contributed by atoms with E-state index >= 15 is 0 Å². The fourth-order valence-electron chi connectivity index (χ4n) is 5.04. The summed E-state index contributed by atoms with van der Waals surface area (Å²) in [7, 11) is -3.58. The fraction of sp³-hybridized carbons (Fsp3) is 0.241. The number of rotatable bonds is 7. The summed E-state index contributed by atoms with van der Waals surface area (Å²) in [5.74, 6) is -0.899. The van der Waals surface area contributed by atoms with Gasteiger partial charge in [0, 0.05) is 64.9 Å². The average Bonchev–Trinajstić information content (AvgIpc) is 2.96. The molecule has 1 aliphatic heterocycles. The van der Waals surface area contributed by atoms with E-state index in [0.29, 0.717) is 16.0 Å².